The van der Waals surface area contributed by atoms with Crippen LogP contribution < -0.4 is 10.1 Å². The number of hydrogen-bond acceptors (Lipinski definition) is 3. The highest BCUT2D eigenvalue weighted by atomic mass is 16.5. The Bertz CT molecular complexity index is 665. The number of carbonyl (C=O) groups is 1. The third-order valence-corrected chi connectivity index (χ3v) is 3.83. The summed E-state index contributed by atoms with van der Waals surface area (Å²) in [6.45, 7) is 4.45. The number of nitrogens with one attached hydrogen (secondary N) is 1. The quantitative estimate of drug-likeness (QED) is 0.783. The van der Waals surface area contributed by atoms with Gasteiger partial charge in [-0.1, -0.05) is 48.9 Å². The van der Waals surface area contributed by atoms with Crippen molar-refractivity contribution in [2.75, 3.05) is 6.61 Å². The van der Waals surface area contributed by atoms with Crippen LogP contribution in [0.5, 0.6) is 5.75 Å². The molecular formula is C20H25NO3. The van der Waals surface area contributed by atoms with Crippen molar-refractivity contribution in [1.82, 2.24) is 5.32 Å². The first-order valence-corrected chi connectivity index (χ1v) is 8.28. The molecule has 1 amide bonds. The van der Waals surface area contributed by atoms with Gasteiger partial charge < -0.3 is 15.2 Å². The number of aliphatic hydroxyl groups excluding tert-OH is 1. The lowest BCUT2D eigenvalue weighted by Gasteiger charge is -2.14. The Balaban J connectivity index is 1.92. The predicted molar refractivity (Wildman–Crippen MR) is 95.0 cm³/mol. The van der Waals surface area contributed by atoms with Crippen molar-refractivity contribution in [3.05, 3.63) is 65.2 Å². The molecule has 2 rings (SSSR count). The van der Waals surface area contributed by atoms with E-state index in [-0.39, 0.29) is 25.0 Å². The number of aryl methyl sites for hydroxylation is 1. The van der Waals surface area contributed by atoms with Crippen LogP contribution in [0.2, 0.25) is 0 Å². The van der Waals surface area contributed by atoms with E-state index in [4.69, 9.17) is 9.84 Å². The van der Waals surface area contributed by atoms with Crippen molar-refractivity contribution < 1.29 is 14.6 Å². The highest BCUT2D eigenvalue weighted by Crippen LogP contribution is 2.16. The lowest BCUT2D eigenvalue weighted by Crippen LogP contribution is -2.37. The first kappa shape index (κ1) is 18.0. The van der Waals surface area contributed by atoms with Gasteiger partial charge in [-0.15, -0.1) is 0 Å². The molecule has 24 heavy (non-hydrogen) atoms. The van der Waals surface area contributed by atoms with Crippen LogP contribution in [-0.4, -0.2) is 23.7 Å². The molecule has 1 atom stereocenters. The molecule has 1 unspecified atom stereocenters. The van der Waals surface area contributed by atoms with Crippen LogP contribution in [0, 0.1) is 6.92 Å². The van der Waals surface area contributed by atoms with Crippen LogP contribution >= 0.6 is 0 Å². The van der Waals surface area contributed by atoms with E-state index >= 15 is 0 Å². The number of hydrogen-bond donors (Lipinski definition) is 2. The fourth-order valence-electron chi connectivity index (χ4n) is 2.45. The SMILES string of the molecule is CCC(CO)NC(=O)Cc1cccc(OCc2cccc(C)c2)c1. The molecule has 0 aliphatic heterocycles. The van der Waals surface area contributed by atoms with E-state index in [1.165, 1.54) is 5.56 Å². The Morgan fingerprint density at radius 1 is 1.17 bits per heavy atom. The molecular weight excluding hydrogens is 302 g/mol. The van der Waals surface area contributed by atoms with Crippen molar-refractivity contribution in [3.63, 3.8) is 0 Å². The molecule has 2 N–H and O–H groups in total. The minimum absolute atomic E-state index is 0.0398. The number of benzene rings is 2. The second-order valence-electron chi connectivity index (χ2n) is 5.96. The Labute approximate surface area is 143 Å². The Morgan fingerprint density at radius 2 is 1.92 bits per heavy atom. The fraction of sp³-hybridized carbons (Fsp3) is 0.350. The van der Waals surface area contributed by atoms with Gasteiger partial charge in [-0.25, -0.2) is 0 Å². The molecule has 2 aromatic carbocycles. The Hall–Kier alpha value is -2.33. The molecule has 4 nitrogen and oxygen atoms in total. The zero-order chi connectivity index (χ0) is 17.4. The van der Waals surface area contributed by atoms with E-state index in [9.17, 15) is 4.79 Å². The van der Waals surface area contributed by atoms with Crippen molar-refractivity contribution in [3.8, 4) is 5.75 Å². The van der Waals surface area contributed by atoms with E-state index < -0.39 is 0 Å². The highest BCUT2D eigenvalue weighted by Gasteiger charge is 2.10. The Morgan fingerprint density at radius 3 is 2.62 bits per heavy atom. The van der Waals surface area contributed by atoms with E-state index in [2.05, 4.69) is 24.4 Å². The van der Waals surface area contributed by atoms with Gasteiger partial charge in [-0.3, -0.25) is 4.79 Å². The van der Waals surface area contributed by atoms with Crippen LogP contribution in [0.4, 0.5) is 0 Å². The fourth-order valence-corrected chi connectivity index (χ4v) is 2.45. The third kappa shape index (κ3) is 5.70. The number of amides is 1. The van der Waals surface area contributed by atoms with Gasteiger partial charge in [0.15, 0.2) is 0 Å². The number of rotatable bonds is 8. The van der Waals surface area contributed by atoms with Crippen molar-refractivity contribution in [2.24, 2.45) is 0 Å². The highest BCUT2D eigenvalue weighted by molar-refractivity contribution is 5.79. The molecule has 0 aromatic heterocycles. The van der Waals surface area contributed by atoms with Crippen LogP contribution in [0.15, 0.2) is 48.5 Å². The molecule has 0 aliphatic rings. The second-order valence-corrected chi connectivity index (χ2v) is 5.96. The molecule has 0 aliphatic carbocycles. The summed E-state index contributed by atoms with van der Waals surface area (Å²) in [6, 6.07) is 15.6. The van der Waals surface area contributed by atoms with Crippen molar-refractivity contribution in [1.29, 1.82) is 0 Å². The standard InChI is InChI=1S/C20H25NO3/c1-3-18(13-22)21-20(23)12-16-7-5-9-19(11-16)24-14-17-8-4-6-15(2)10-17/h4-11,18,22H,3,12-14H2,1-2H3,(H,21,23). The summed E-state index contributed by atoms with van der Waals surface area (Å²) in [6.07, 6.45) is 0.986. The van der Waals surface area contributed by atoms with Gasteiger partial charge in [0.25, 0.3) is 0 Å². The number of ether oxygens (including phenoxy) is 1. The summed E-state index contributed by atoms with van der Waals surface area (Å²) >= 11 is 0. The summed E-state index contributed by atoms with van der Waals surface area (Å²) in [4.78, 5) is 12.0. The summed E-state index contributed by atoms with van der Waals surface area (Å²) in [7, 11) is 0. The van der Waals surface area contributed by atoms with Crippen LogP contribution in [-0.2, 0) is 17.8 Å². The van der Waals surface area contributed by atoms with Gasteiger partial charge >= 0.3 is 0 Å². The summed E-state index contributed by atoms with van der Waals surface area (Å²) in [5.74, 6) is 0.655. The Kier molecular flexibility index (Phi) is 6.82. The molecule has 0 spiro atoms. The molecule has 0 heterocycles. The molecule has 2 aromatic rings. The maximum atomic E-state index is 12.0. The monoisotopic (exact) mass is 327 g/mol. The average Bonchev–Trinajstić information content (AvgIpc) is 2.58. The van der Waals surface area contributed by atoms with Gasteiger partial charge in [0, 0.05) is 0 Å². The molecule has 0 saturated carbocycles. The first-order valence-electron chi connectivity index (χ1n) is 8.28. The number of carbonyl (C=O) groups excluding carboxylic acids is 1. The van der Waals surface area contributed by atoms with E-state index in [1.807, 2.05) is 43.3 Å². The summed E-state index contributed by atoms with van der Waals surface area (Å²) in [5, 5.41) is 12.0. The second kappa shape index (κ2) is 9.08. The van der Waals surface area contributed by atoms with Crippen LogP contribution in [0.3, 0.4) is 0 Å². The predicted octanol–water partition coefficient (Wildman–Crippen LogP) is 3.00. The lowest BCUT2D eigenvalue weighted by atomic mass is 10.1. The van der Waals surface area contributed by atoms with E-state index in [1.54, 1.807) is 0 Å². The average molecular weight is 327 g/mol. The maximum Gasteiger partial charge on any atom is 0.224 e. The first-order chi connectivity index (χ1) is 11.6. The minimum Gasteiger partial charge on any atom is -0.489 e. The normalized spacial score (nSPS) is 11.8. The van der Waals surface area contributed by atoms with Crippen molar-refractivity contribution >= 4 is 5.91 Å². The summed E-state index contributed by atoms with van der Waals surface area (Å²) < 4.78 is 5.82. The molecule has 0 radical (unpaired) electrons. The topological polar surface area (TPSA) is 58.6 Å². The molecule has 0 bridgehead atoms. The van der Waals surface area contributed by atoms with Gasteiger partial charge in [0.05, 0.1) is 19.1 Å². The van der Waals surface area contributed by atoms with Crippen LogP contribution in [0.1, 0.15) is 30.0 Å². The third-order valence-electron chi connectivity index (χ3n) is 3.83. The van der Waals surface area contributed by atoms with Crippen molar-refractivity contribution in [2.45, 2.75) is 39.3 Å². The molecule has 0 fully saturated rings. The van der Waals surface area contributed by atoms with Gasteiger partial charge in [0.2, 0.25) is 5.91 Å². The van der Waals surface area contributed by atoms with E-state index in [0.717, 1.165) is 16.9 Å². The maximum absolute atomic E-state index is 12.0. The smallest absolute Gasteiger partial charge is 0.224 e. The zero-order valence-electron chi connectivity index (χ0n) is 14.3. The largest absolute Gasteiger partial charge is 0.489 e. The van der Waals surface area contributed by atoms with Crippen LogP contribution in [0.25, 0.3) is 0 Å². The van der Waals surface area contributed by atoms with E-state index in [0.29, 0.717) is 13.0 Å². The minimum atomic E-state index is -0.182. The molecule has 128 valence electrons. The number of aliphatic hydroxyl groups is 1. The van der Waals surface area contributed by atoms with Gasteiger partial charge in [0.1, 0.15) is 12.4 Å². The molecule has 0 saturated heterocycles. The van der Waals surface area contributed by atoms with Gasteiger partial charge in [-0.2, -0.15) is 0 Å². The summed E-state index contributed by atoms with van der Waals surface area (Å²) in [5.41, 5.74) is 3.21. The zero-order valence-corrected chi connectivity index (χ0v) is 14.3. The van der Waals surface area contributed by atoms with Gasteiger partial charge in [-0.05, 0) is 36.6 Å². The molecule has 4 heteroatoms. The lowest BCUT2D eigenvalue weighted by molar-refractivity contribution is -0.121.